The zero-order chi connectivity index (χ0) is 17.3. The van der Waals surface area contributed by atoms with Crippen molar-refractivity contribution in [1.29, 1.82) is 0 Å². The molecule has 1 aliphatic heterocycles. The average molecular weight is 332 g/mol. The van der Waals surface area contributed by atoms with Gasteiger partial charge < -0.3 is 14.7 Å². The number of ether oxygens (including phenoxy) is 1. The topological polar surface area (TPSA) is 91.3 Å². The summed E-state index contributed by atoms with van der Waals surface area (Å²) in [7, 11) is 1.73. The van der Waals surface area contributed by atoms with Gasteiger partial charge in [0.25, 0.3) is 0 Å². The summed E-state index contributed by atoms with van der Waals surface area (Å²) in [5, 5.41) is 17.6. The van der Waals surface area contributed by atoms with Crippen molar-refractivity contribution in [2.45, 2.75) is 32.6 Å². The molecular weight excluding hydrogens is 308 g/mol. The van der Waals surface area contributed by atoms with Crippen LogP contribution >= 0.6 is 0 Å². The second-order valence-electron chi connectivity index (χ2n) is 6.71. The Bertz CT molecular complexity index is 733. The molecule has 0 aliphatic carbocycles. The van der Waals surface area contributed by atoms with Gasteiger partial charge in [-0.1, -0.05) is 13.8 Å². The third kappa shape index (κ3) is 3.08. The molecule has 3 rings (SSSR count). The highest BCUT2D eigenvalue weighted by Crippen LogP contribution is 2.34. The van der Waals surface area contributed by atoms with E-state index in [-0.39, 0.29) is 11.6 Å². The van der Waals surface area contributed by atoms with Gasteiger partial charge in [0.2, 0.25) is 0 Å². The number of nitrogens with one attached hydrogen (secondary N) is 1. The minimum atomic E-state index is -1.03. The lowest BCUT2D eigenvalue weighted by Crippen LogP contribution is -2.35. The molecule has 7 nitrogen and oxygen atoms in total. The number of carboxylic acid groups (broad SMARTS) is 1. The summed E-state index contributed by atoms with van der Waals surface area (Å²) in [4.78, 5) is 17.9. The maximum Gasteiger partial charge on any atom is 0.354 e. The highest BCUT2D eigenvalue weighted by atomic mass is 16.5. The van der Waals surface area contributed by atoms with Crippen LogP contribution in [0.4, 0.5) is 5.69 Å². The molecule has 0 amide bonds. The number of hydrogen-bond donors (Lipinski definition) is 2. The van der Waals surface area contributed by atoms with Crippen molar-refractivity contribution in [3.05, 3.63) is 17.5 Å². The number of H-pyrrole nitrogens is 1. The number of anilines is 1. The number of carboxylic acids is 1. The first-order valence-electron chi connectivity index (χ1n) is 8.37. The van der Waals surface area contributed by atoms with Gasteiger partial charge in [-0.3, -0.25) is 5.10 Å². The van der Waals surface area contributed by atoms with Crippen LogP contribution in [0.1, 0.15) is 48.8 Å². The highest BCUT2D eigenvalue weighted by Gasteiger charge is 2.25. The first-order chi connectivity index (χ1) is 11.5. The third-order valence-electron chi connectivity index (χ3n) is 4.69. The van der Waals surface area contributed by atoms with Crippen molar-refractivity contribution in [2.75, 3.05) is 31.7 Å². The number of rotatable bonds is 5. The molecule has 0 aromatic carbocycles. The van der Waals surface area contributed by atoms with Gasteiger partial charge in [-0.25, -0.2) is 9.78 Å². The molecule has 2 N–H and O–H groups in total. The van der Waals surface area contributed by atoms with Crippen LogP contribution in [0.2, 0.25) is 0 Å². The summed E-state index contributed by atoms with van der Waals surface area (Å²) in [6.07, 6.45) is 2.07. The Hall–Kier alpha value is -2.15. The van der Waals surface area contributed by atoms with Crippen LogP contribution in [0, 0.1) is 5.92 Å². The second kappa shape index (κ2) is 6.76. The first kappa shape index (κ1) is 16.7. The predicted octanol–water partition coefficient (Wildman–Crippen LogP) is 2.64. The van der Waals surface area contributed by atoms with E-state index in [9.17, 15) is 9.90 Å². The fraction of sp³-hybridized carbons (Fsp3) is 0.588. The number of carbonyl (C=O) groups is 1. The monoisotopic (exact) mass is 332 g/mol. The van der Waals surface area contributed by atoms with Crippen LogP contribution in [0.25, 0.3) is 11.0 Å². The molecule has 0 atom stereocenters. The molecule has 0 spiro atoms. The van der Waals surface area contributed by atoms with Crippen molar-refractivity contribution in [3.8, 4) is 0 Å². The molecule has 0 bridgehead atoms. The standard InChI is InChI=1S/C17H24N4O3/c1-10(2)15-14-13(21-6-4-11(5-7-21)9-24-3)8-12(17(22)23)18-16(14)20-19-15/h8,10-11H,4-7,9H2,1-3H3,(H,22,23)(H,18,19,20). The minimum absolute atomic E-state index is 0.0401. The number of methoxy groups -OCH3 is 1. The summed E-state index contributed by atoms with van der Waals surface area (Å²) in [5.74, 6) is -0.199. The smallest absolute Gasteiger partial charge is 0.354 e. The minimum Gasteiger partial charge on any atom is -0.477 e. The molecule has 2 aromatic heterocycles. The Morgan fingerprint density at radius 1 is 1.46 bits per heavy atom. The van der Waals surface area contributed by atoms with E-state index in [1.54, 1.807) is 13.2 Å². The normalized spacial score (nSPS) is 16.2. The molecule has 0 unspecified atom stereocenters. The van der Waals surface area contributed by atoms with Crippen molar-refractivity contribution in [2.24, 2.45) is 5.92 Å². The van der Waals surface area contributed by atoms with Gasteiger partial charge >= 0.3 is 5.97 Å². The number of piperidine rings is 1. The molecule has 0 radical (unpaired) electrons. The Balaban J connectivity index is 2.01. The van der Waals surface area contributed by atoms with Gasteiger partial charge in [0.05, 0.1) is 11.1 Å². The lowest BCUT2D eigenvalue weighted by Gasteiger charge is -2.34. The number of aromatic carboxylic acids is 1. The molecule has 130 valence electrons. The molecule has 1 saturated heterocycles. The molecule has 1 aliphatic rings. The van der Waals surface area contributed by atoms with Crippen LogP contribution in [-0.2, 0) is 4.74 Å². The maximum absolute atomic E-state index is 11.4. The van der Waals surface area contributed by atoms with Gasteiger partial charge in [-0.05, 0) is 30.7 Å². The van der Waals surface area contributed by atoms with Gasteiger partial charge in [-0.2, -0.15) is 5.10 Å². The van der Waals surface area contributed by atoms with E-state index in [4.69, 9.17) is 4.74 Å². The fourth-order valence-electron chi connectivity index (χ4n) is 3.38. The van der Waals surface area contributed by atoms with E-state index >= 15 is 0 Å². The van der Waals surface area contributed by atoms with Crippen LogP contribution in [-0.4, -0.2) is 53.1 Å². The van der Waals surface area contributed by atoms with Crippen LogP contribution in [0.5, 0.6) is 0 Å². The second-order valence-corrected chi connectivity index (χ2v) is 6.71. The number of fused-ring (bicyclic) bond motifs is 1. The Labute approximate surface area is 141 Å². The summed E-state index contributed by atoms with van der Waals surface area (Å²) >= 11 is 0. The van der Waals surface area contributed by atoms with E-state index in [2.05, 4.69) is 33.9 Å². The van der Waals surface area contributed by atoms with Gasteiger partial charge in [0, 0.05) is 32.5 Å². The molecule has 7 heteroatoms. The van der Waals surface area contributed by atoms with E-state index in [0.717, 1.165) is 49.3 Å². The van der Waals surface area contributed by atoms with E-state index in [1.165, 1.54) is 0 Å². The van der Waals surface area contributed by atoms with Crippen molar-refractivity contribution < 1.29 is 14.6 Å². The zero-order valence-corrected chi connectivity index (χ0v) is 14.4. The van der Waals surface area contributed by atoms with Crippen molar-refractivity contribution >= 4 is 22.7 Å². The molecule has 0 saturated carbocycles. The lowest BCUT2D eigenvalue weighted by atomic mass is 9.96. The number of aromatic nitrogens is 3. The summed E-state index contributed by atoms with van der Waals surface area (Å²) in [6.45, 7) is 6.73. The largest absolute Gasteiger partial charge is 0.477 e. The Morgan fingerprint density at radius 3 is 2.75 bits per heavy atom. The lowest BCUT2D eigenvalue weighted by molar-refractivity contribution is 0.0691. The Kier molecular flexibility index (Phi) is 4.71. The quantitative estimate of drug-likeness (QED) is 0.874. The average Bonchev–Trinajstić information content (AvgIpc) is 2.99. The molecule has 1 fully saturated rings. The number of pyridine rings is 1. The maximum atomic E-state index is 11.4. The van der Waals surface area contributed by atoms with E-state index < -0.39 is 5.97 Å². The molecule has 3 heterocycles. The van der Waals surface area contributed by atoms with Crippen molar-refractivity contribution in [1.82, 2.24) is 15.2 Å². The summed E-state index contributed by atoms with van der Waals surface area (Å²) in [5.41, 5.74) is 2.44. The SMILES string of the molecule is COCC1CCN(c2cc(C(=O)O)nc3n[nH]c(C(C)C)c23)CC1. The first-order valence-corrected chi connectivity index (χ1v) is 8.37. The summed E-state index contributed by atoms with van der Waals surface area (Å²) < 4.78 is 5.26. The number of nitrogens with zero attached hydrogens (tertiary/aromatic N) is 3. The molecular formula is C17H24N4O3. The van der Waals surface area contributed by atoms with Crippen molar-refractivity contribution in [3.63, 3.8) is 0 Å². The highest BCUT2D eigenvalue weighted by molar-refractivity contribution is 5.97. The fourth-order valence-corrected chi connectivity index (χ4v) is 3.38. The van der Waals surface area contributed by atoms with Crippen LogP contribution in [0.15, 0.2) is 6.07 Å². The molecule has 2 aromatic rings. The van der Waals surface area contributed by atoms with Gasteiger partial charge in [0.1, 0.15) is 0 Å². The third-order valence-corrected chi connectivity index (χ3v) is 4.69. The summed E-state index contributed by atoms with van der Waals surface area (Å²) in [6, 6.07) is 1.68. The number of hydrogen-bond acceptors (Lipinski definition) is 5. The Morgan fingerprint density at radius 2 is 2.17 bits per heavy atom. The number of aromatic amines is 1. The van der Waals surface area contributed by atoms with Crippen LogP contribution in [0.3, 0.4) is 0 Å². The van der Waals surface area contributed by atoms with E-state index in [1.807, 2.05) is 0 Å². The van der Waals surface area contributed by atoms with Gasteiger partial charge in [0.15, 0.2) is 11.3 Å². The zero-order valence-electron chi connectivity index (χ0n) is 14.4. The predicted molar refractivity (Wildman–Crippen MR) is 91.8 cm³/mol. The van der Waals surface area contributed by atoms with Crippen LogP contribution < -0.4 is 4.90 Å². The van der Waals surface area contributed by atoms with E-state index in [0.29, 0.717) is 11.6 Å². The molecule has 24 heavy (non-hydrogen) atoms. The van der Waals surface area contributed by atoms with Gasteiger partial charge in [-0.15, -0.1) is 0 Å².